The molecule has 0 fully saturated rings. The minimum absolute atomic E-state index is 0. The van der Waals surface area contributed by atoms with Gasteiger partial charge in [0.1, 0.15) is 5.82 Å². The van der Waals surface area contributed by atoms with Crippen molar-refractivity contribution in [3.8, 4) is 50.9 Å². The number of benzene rings is 7. The maximum Gasteiger partial charge on any atom is 0.268 e. The van der Waals surface area contributed by atoms with Crippen LogP contribution in [-0.2, 0) is 21.1 Å². The van der Waals surface area contributed by atoms with Gasteiger partial charge < -0.3 is 13.9 Å². The Hall–Kier alpha value is -6.55. The molecule has 0 saturated heterocycles. The molecular formula is C51H36N4OPt-2. The van der Waals surface area contributed by atoms with Crippen LogP contribution in [0.5, 0.6) is 11.5 Å². The van der Waals surface area contributed by atoms with Crippen LogP contribution in [0.25, 0.3) is 72.3 Å². The van der Waals surface area contributed by atoms with Gasteiger partial charge in [0.25, 0.3) is 6.33 Å². The van der Waals surface area contributed by atoms with E-state index in [2.05, 4.69) is 121 Å². The fourth-order valence-electron chi connectivity index (χ4n) is 7.46. The third kappa shape index (κ3) is 6.54. The van der Waals surface area contributed by atoms with E-state index in [1.807, 2.05) is 65.2 Å². The molecule has 0 aliphatic carbocycles. The van der Waals surface area contributed by atoms with Gasteiger partial charge >= 0.3 is 0 Å². The van der Waals surface area contributed by atoms with E-state index in [1.165, 1.54) is 0 Å². The zero-order chi connectivity index (χ0) is 41.1. The van der Waals surface area contributed by atoms with Crippen molar-refractivity contribution >= 4 is 32.8 Å². The maximum absolute atomic E-state index is 8.95. The van der Waals surface area contributed by atoms with Gasteiger partial charge in [-0.1, -0.05) is 141 Å². The fraction of sp³-hybridized carbons (Fsp3) is 0.0588. The minimum Gasteiger partial charge on any atom is -0.510 e. The molecule has 0 amide bonds. The van der Waals surface area contributed by atoms with Crippen LogP contribution >= 0.6 is 0 Å². The maximum atomic E-state index is 8.95. The van der Waals surface area contributed by atoms with Gasteiger partial charge in [0.05, 0.1) is 22.2 Å². The summed E-state index contributed by atoms with van der Waals surface area (Å²) < 4.78 is 47.2. The average Bonchev–Trinajstić information content (AvgIpc) is 3.84. The van der Waals surface area contributed by atoms with E-state index in [4.69, 9.17) is 10.2 Å². The van der Waals surface area contributed by atoms with Crippen LogP contribution in [0.3, 0.4) is 0 Å². The Morgan fingerprint density at radius 2 is 1.35 bits per heavy atom. The van der Waals surface area contributed by atoms with Crippen LogP contribution in [0.1, 0.15) is 30.8 Å². The Labute approximate surface area is 352 Å². The minimum atomic E-state index is -0.310. The normalized spacial score (nSPS) is 12.3. The standard InChI is InChI=1S/C51H36N4O.Pt/c1-35(2)38-29-30-52-50(31-38)55-46-24-10-9-21-44(46)45-28-27-41(33-49(45)55)56-40-20-13-19-39(32-40)53-34-54(48-26-12-11-25-47(48)53)51-42(36-15-5-3-6-16-36)22-14-23-43(51)37-17-7-4-8-18-37;/h3-31,35H,1-2H3;/q-2;/i9D,10D,21D,24D;. The summed E-state index contributed by atoms with van der Waals surface area (Å²) in [5, 5.41) is 1.01. The van der Waals surface area contributed by atoms with Crippen LogP contribution in [-0.4, -0.2) is 14.1 Å². The zero-order valence-electron chi connectivity index (χ0n) is 35.0. The molecule has 0 N–H and O–H groups in total. The van der Waals surface area contributed by atoms with Crippen molar-refractivity contribution < 1.29 is 35.9 Å². The topological polar surface area (TPSA) is 35.9 Å². The molecule has 0 aliphatic heterocycles. The molecule has 0 spiro atoms. The Bertz CT molecular complexity index is 3220. The Morgan fingerprint density at radius 3 is 2.11 bits per heavy atom. The van der Waals surface area contributed by atoms with Gasteiger partial charge in [-0.2, -0.15) is 18.2 Å². The first-order valence-corrected chi connectivity index (χ1v) is 18.6. The molecule has 0 saturated carbocycles. The number of para-hydroxylation sites is 4. The molecule has 57 heavy (non-hydrogen) atoms. The third-order valence-electron chi connectivity index (χ3n) is 10.2. The number of imidazole rings is 1. The molecule has 0 atom stereocenters. The molecule has 5 nitrogen and oxygen atoms in total. The Kier molecular flexibility index (Phi) is 8.42. The van der Waals surface area contributed by atoms with Crippen LogP contribution in [0.15, 0.2) is 176 Å². The molecule has 0 radical (unpaired) electrons. The molecule has 278 valence electrons. The van der Waals surface area contributed by atoms with Crippen LogP contribution in [0, 0.1) is 18.5 Å². The molecule has 10 aromatic rings. The molecule has 10 rings (SSSR count). The van der Waals surface area contributed by atoms with E-state index in [-0.39, 0.29) is 51.2 Å². The zero-order valence-corrected chi connectivity index (χ0v) is 33.3. The van der Waals surface area contributed by atoms with E-state index in [0.717, 1.165) is 50.2 Å². The predicted molar refractivity (Wildman–Crippen MR) is 225 cm³/mol. The molecule has 0 bridgehead atoms. The van der Waals surface area contributed by atoms with Gasteiger partial charge in [0.15, 0.2) is 0 Å². The molecule has 6 heteroatoms. The summed E-state index contributed by atoms with van der Waals surface area (Å²) in [5.41, 5.74) is 9.86. The number of fused-ring (bicyclic) bond motifs is 4. The van der Waals surface area contributed by atoms with Gasteiger partial charge in [0.2, 0.25) is 0 Å². The SMILES string of the molecule is [2H]c1c([2H])c([2H])c2c(c1[2H])c1ccc(Oc3[c-]c(-n4[c-][n+](-c5c(-c6ccccc6)cccc5-c5ccccc5)c5ccccc54)ccc3)[c-]c1n2-c1cc(C(C)C)ccn1.[Pt]. The second-order valence-electron chi connectivity index (χ2n) is 13.9. The van der Waals surface area contributed by atoms with E-state index >= 15 is 0 Å². The molecule has 0 aliphatic rings. The number of aromatic nitrogens is 4. The molecule has 3 heterocycles. The van der Waals surface area contributed by atoms with Crippen LogP contribution < -0.4 is 9.30 Å². The molecule has 7 aromatic carbocycles. The van der Waals surface area contributed by atoms with E-state index in [9.17, 15) is 0 Å². The first-order chi connectivity index (χ1) is 29.3. The van der Waals surface area contributed by atoms with Gasteiger partial charge in [-0.15, -0.1) is 29.7 Å². The van der Waals surface area contributed by atoms with Gasteiger partial charge in [-0.25, -0.2) is 4.98 Å². The summed E-state index contributed by atoms with van der Waals surface area (Å²) in [7, 11) is 0. The smallest absolute Gasteiger partial charge is 0.268 e. The van der Waals surface area contributed by atoms with Crippen molar-refractivity contribution in [1.29, 1.82) is 0 Å². The summed E-state index contributed by atoms with van der Waals surface area (Å²) in [4.78, 5) is 4.68. The van der Waals surface area contributed by atoms with E-state index < -0.39 is 0 Å². The molecule has 0 unspecified atom stereocenters. The number of hydrogen-bond acceptors (Lipinski definition) is 2. The Balaban J connectivity index is 0.00000476. The molecule has 3 aromatic heterocycles. The van der Waals surface area contributed by atoms with Crippen LogP contribution in [0.2, 0.25) is 0 Å². The second-order valence-corrected chi connectivity index (χ2v) is 13.9. The molecular weight excluding hydrogens is 880 g/mol. The van der Waals surface area contributed by atoms with Crippen molar-refractivity contribution in [3.05, 3.63) is 200 Å². The van der Waals surface area contributed by atoms with Crippen molar-refractivity contribution in [3.63, 3.8) is 0 Å². The largest absolute Gasteiger partial charge is 0.510 e. The first kappa shape index (κ1) is 31.6. The van der Waals surface area contributed by atoms with Crippen molar-refractivity contribution in [2.24, 2.45) is 0 Å². The first-order valence-electron chi connectivity index (χ1n) is 20.6. The monoisotopic (exact) mass is 919 g/mol. The van der Waals surface area contributed by atoms with Crippen LogP contribution in [0.4, 0.5) is 0 Å². The van der Waals surface area contributed by atoms with Gasteiger partial charge in [-0.05, 0) is 63.0 Å². The summed E-state index contributed by atoms with van der Waals surface area (Å²) >= 11 is 0. The summed E-state index contributed by atoms with van der Waals surface area (Å²) in [6.45, 7) is 4.19. The second kappa shape index (κ2) is 15.2. The van der Waals surface area contributed by atoms with Crippen molar-refractivity contribution in [2.45, 2.75) is 19.8 Å². The number of hydrogen-bond donors (Lipinski definition) is 0. The van der Waals surface area contributed by atoms with Gasteiger partial charge in [0, 0.05) is 44.3 Å². The number of nitrogens with zero attached hydrogens (tertiary/aromatic N) is 4. The fourth-order valence-corrected chi connectivity index (χ4v) is 7.46. The van der Waals surface area contributed by atoms with Crippen molar-refractivity contribution in [1.82, 2.24) is 14.1 Å². The third-order valence-corrected chi connectivity index (χ3v) is 10.2. The average molecular weight is 920 g/mol. The van der Waals surface area contributed by atoms with E-state index in [0.29, 0.717) is 39.1 Å². The predicted octanol–water partition coefficient (Wildman–Crippen LogP) is 12.0. The number of ether oxygens (including phenoxy) is 1. The summed E-state index contributed by atoms with van der Waals surface area (Å²) in [5.74, 6) is 1.58. The van der Waals surface area contributed by atoms with Crippen molar-refractivity contribution in [2.75, 3.05) is 0 Å². The number of rotatable bonds is 8. The van der Waals surface area contributed by atoms with Gasteiger partial charge in [-0.3, -0.25) is 4.57 Å². The number of pyridine rings is 1. The summed E-state index contributed by atoms with van der Waals surface area (Å²) in [6.07, 6.45) is 5.42. The quantitative estimate of drug-likeness (QED) is 0.112. The summed E-state index contributed by atoms with van der Waals surface area (Å²) in [6, 6.07) is 54.7. The Morgan fingerprint density at radius 1 is 0.667 bits per heavy atom. The van der Waals surface area contributed by atoms with E-state index in [1.54, 1.807) is 16.8 Å².